The average molecular weight is 484 g/mol. The molecular weight excluding hydrogens is 461 g/mol. The van der Waals surface area contributed by atoms with Gasteiger partial charge in [0.1, 0.15) is 17.8 Å². The van der Waals surface area contributed by atoms with Crippen molar-refractivity contribution >= 4 is 28.6 Å². The Labute approximate surface area is 198 Å². The highest BCUT2D eigenvalue weighted by atomic mass is 19.4. The fourth-order valence-corrected chi connectivity index (χ4v) is 4.44. The fraction of sp³-hybridized carbons (Fsp3) is 0.304. The molecule has 1 aliphatic heterocycles. The number of rotatable bonds is 3. The molecule has 5 N–H and O–H groups in total. The van der Waals surface area contributed by atoms with Crippen LogP contribution in [0.1, 0.15) is 18.9 Å². The van der Waals surface area contributed by atoms with Gasteiger partial charge in [-0.25, -0.2) is 19.4 Å². The summed E-state index contributed by atoms with van der Waals surface area (Å²) < 4.78 is 40.8. The first-order valence-electron chi connectivity index (χ1n) is 11.1. The summed E-state index contributed by atoms with van der Waals surface area (Å²) in [5, 5.41) is 8.07. The number of carbonyl (C=O) groups is 1. The van der Waals surface area contributed by atoms with Crippen molar-refractivity contribution in [3.8, 4) is 11.3 Å². The Hall–Kier alpha value is -4.09. The number of nitrogens with zero attached hydrogens (tertiary/aromatic N) is 5. The average Bonchev–Trinajstić information content (AvgIpc) is 3.45. The number of nitrogen functional groups attached to an aromatic ring is 2. The third-order valence-electron chi connectivity index (χ3n) is 6.20. The van der Waals surface area contributed by atoms with Gasteiger partial charge in [-0.05, 0) is 31.1 Å². The summed E-state index contributed by atoms with van der Waals surface area (Å²) >= 11 is 0. The molecule has 0 radical (unpaired) electrons. The molecule has 0 spiro atoms. The minimum Gasteiger partial charge on any atom is -0.399 e. The molecule has 0 bridgehead atoms. The van der Waals surface area contributed by atoms with Crippen molar-refractivity contribution in [1.29, 1.82) is 0 Å². The van der Waals surface area contributed by atoms with Gasteiger partial charge in [0.05, 0.1) is 23.0 Å². The van der Waals surface area contributed by atoms with Crippen LogP contribution in [0.3, 0.4) is 0 Å². The maximum absolute atomic E-state index is 13.0. The van der Waals surface area contributed by atoms with E-state index in [0.29, 0.717) is 54.2 Å². The molecule has 182 valence electrons. The Bertz CT molecular complexity index is 1330. The van der Waals surface area contributed by atoms with E-state index in [1.54, 1.807) is 21.7 Å². The lowest BCUT2D eigenvalue weighted by atomic mass is 10.0. The number of hydrogen-bond acceptors (Lipinski definition) is 6. The lowest BCUT2D eigenvalue weighted by Gasteiger charge is -2.23. The predicted octanol–water partition coefficient (Wildman–Crippen LogP) is 3.43. The third-order valence-corrected chi connectivity index (χ3v) is 6.20. The predicted molar refractivity (Wildman–Crippen MR) is 125 cm³/mol. The maximum atomic E-state index is 13.0. The summed E-state index contributed by atoms with van der Waals surface area (Å²) in [6, 6.07) is 5.87. The number of urea groups is 1. The molecule has 3 heterocycles. The Morgan fingerprint density at radius 3 is 2.66 bits per heavy atom. The number of halogens is 3. The Morgan fingerprint density at radius 1 is 1.14 bits per heavy atom. The van der Waals surface area contributed by atoms with Gasteiger partial charge in [-0.2, -0.15) is 18.3 Å². The highest BCUT2D eigenvalue weighted by Crippen LogP contribution is 2.34. The largest absolute Gasteiger partial charge is 0.416 e. The first kappa shape index (κ1) is 22.7. The van der Waals surface area contributed by atoms with Crippen LogP contribution >= 0.6 is 0 Å². The van der Waals surface area contributed by atoms with Gasteiger partial charge in [0, 0.05) is 24.3 Å². The second-order valence-electron chi connectivity index (χ2n) is 8.58. The molecule has 1 aliphatic carbocycles. The molecule has 12 heteroatoms. The molecule has 2 unspecified atom stereocenters. The Balaban J connectivity index is 1.37. The van der Waals surface area contributed by atoms with Crippen molar-refractivity contribution in [2.24, 2.45) is 0 Å². The van der Waals surface area contributed by atoms with E-state index in [1.165, 1.54) is 12.4 Å². The lowest BCUT2D eigenvalue weighted by molar-refractivity contribution is -0.0887. The number of nitrogens with two attached hydrogens (primary N) is 2. The van der Waals surface area contributed by atoms with Crippen LogP contribution in [0.5, 0.6) is 0 Å². The summed E-state index contributed by atoms with van der Waals surface area (Å²) in [6.07, 6.45) is 1.31. The molecule has 5 rings (SSSR count). The standard InChI is InChI=1S/C23H23F3N8O/c24-23(25,26)14-2-1-3-16(10-14)31-22(35)33-9-8-17(11-33)34-21-18(20(28)29-12-30-21)19(32-34)13-4-6-15(27)7-5-13/h1-2,4-7,10,12,16-17H,3,8-9,11,27H2,(H,31,35)(H2,28,29,30). The van der Waals surface area contributed by atoms with E-state index in [1.807, 2.05) is 12.1 Å². The highest BCUT2D eigenvalue weighted by Gasteiger charge is 2.35. The van der Waals surface area contributed by atoms with Gasteiger partial charge in [-0.3, -0.25) is 0 Å². The van der Waals surface area contributed by atoms with Gasteiger partial charge in [0.25, 0.3) is 0 Å². The van der Waals surface area contributed by atoms with Gasteiger partial charge in [-0.1, -0.05) is 24.3 Å². The fourth-order valence-electron chi connectivity index (χ4n) is 4.44. The van der Waals surface area contributed by atoms with E-state index in [4.69, 9.17) is 16.6 Å². The van der Waals surface area contributed by atoms with Crippen molar-refractivity contribution in [1.82, 2.24) is 30.0 Å². The molecule has 1 fully saturated rings. The number of benzene rings is 1. The third kappa shape index (κ3) is 4.38. The lowest BCUT2D eigenvalue weighted by Crippen LogP contribution is -2.44. The zero-order valence-corrected chi connectivity index (χ0v) is 18.5. The van der Waals surface area contributed by atoms with E-state index in [-0.39, 0.29) is 6.04 Å². The monoisotopic (exact) mass is 484 g/mol. The van der Waals surface area contributed by atoms with Crippen LogP contribution in [0.4, 0.5) is 29.5 Å². The summed E-state index contributed by atoms with van der Waals surface area (Å²) in [5.74, 6) is 0.290. The number of allylic oxidation sites excluding steroid dienone is 2. The number of fused-ring (bicyclic) bond motifs is 1. The first-order chi connectivity index (χ1) is 16.7. The van der Waals surface area contributed by atoms with Gasteiger partial charge < -0.3 is 21.7 Å². The van der Waals surface area contributed by atoms with Crippen molar-refractivity contribution in [3.05, 3.63) is 54.4 Å². The van der Waals surface area contributed by atoms with Crippen LogP contribution in [0, 0.1) is 0 Å². The molecule has 3 aromatic rings. The van der Waals surface area contributed by atoms with E-state index in [2.05, 4.69) is 15.3 Å². The molecule has 35 heavy (non-hydrogen) atoms. The zero-order chi connectivity index (χ0) is 24.7. The molecule has 1 saturated heterocycles. The van der Waals surface area contributed by atoms with Gasteiger partial charge in [0.15, 0.2) is 5.65 Å². The summed E-state index contributed by atoms with van der Waals surface area (Å²) in [4.78, 5) is 22.9. The summed E-state index contributed by atoms with van der Waals surface area (Å²) in [6.45, 7) is 0.750. The van der Waals surface area contributed by atoms with Gasteiger partial charge >= 0.3 is 12.2 Å². The quantitative estimate of drug-likeness (QED) is 0.489. The first-order valence-corrected chi connectivity index (χ1v) is 11.1. The second-order valence-corrected chi connectivity index (χ2v) is 8.58. The van der Waals surface area contributed by atoms with Crippen LogP contribution in [-0.2, 0) is 0 Å². The second kappa shape index (κ2) is 8.60. The number of likely N-dealkylation sites (tertiary alicyclic amines) is 1. The number of nitrogens with one attached hydrogen (secondary N) is 1. The topological polar surface area (TPSA) is 128 Å². The van der Waals surface area contributed by atoms with Gasteiger partial charge in [-0.15, -0.1) is 0 Å². The maximum Gasteiger partial charge on any atom is 0.416 e. The number of alkyl halides is 3. The van der Waals surface area contributed by atoms with Crippen molar-refractivity contribution in [2.75, 3.05) is 24.6 Å². The Morgan fingerprint density at radius 2 is 1.91 bits per heavy atom. The molecule has 1 aromatic carbocycles. The van der Waals surface area contributed by atoms with E-state index < -0.39 is 23.8 Å². The normalized spacial score (nSPS) is 20.3. The minimum atomic E-state index is -4.45. The number of hydrogen-bond donors (Lipinski definition) is 3. The van der Waals surface area contributed by atoms with Crippen LogP contribution in [0.2, 0.25) is 0 Å². The summed E-state index contributed by atoms with van der Waals surface area (Å²) in [5.41, 5.74) is 13.8. The SMILES string of the molecule is Nc1ccc(-c2nn(C3CCN(C(=O)NC4C=C(C(F)(F)F)C=CC4)C3)c3ncnc(N)c23)cc1. The number of aromatic nitrogens is 4. The molecule has 2 atom stereocenters. The Kier molecular flexibility index (Phi) is 5.58. The highest BCUT2D eigenvalue weighted by molar-refractivity contribution is 5.98. The van der Waals surface area contributed by atoms with Crippen LogP contribution in [-0.4, -0.2) is 56.0 Å². The van der Waals surface area contributed by atoms with E-state index in [0.717, 1.165) is 17.7 Å². The molecule has 9 nitrogen and oxygen atoms in total. The van der Waals surface area contributed by atoms with Crippen LogP contribution in [0.15, 0.2) is 54.4 Å². The van der Waals surface area contributed by atoms with Crippen molar-refractivity contribution in [2.45, 2.75) is 31.1 Å². The van der Waals surface area contributed by atoms with Crippen LogP contribution < -0.4 is 16.8 Å². The van der Waals surface area contributed by atoms with E-state index in [9.17, 15) is 18.0 Å². The van der Waals surface area contributed by atoms with Crippen LogP contribution in [0.25, 0.3) is 22.3 Å². The molecule has 0 saturated carbocycles. The zero-order valence-electron chi connectivity index (χ0n) is 18.5. The molecule has 2 aromatic heterocycles. The number of carbonyl (C=O) groups excluding carboxylic acids is 1. The smallest absolute Gasteiger partial charge is 0.399 e. The number of amides is 2. The summed E-state index contributed by atoms with van der Waals surface area (Å²) in [7, 11) is 0. The molecular formula is C23H23F3N8O. The van der Waals surface area contributed by atoms with E-state index >= 15 is 0 Å². The number of anilines is 2. The molecule has 2 aliphatic rings. The minimum absolute atomic E-state index is 0.187. The molecule has 2 amide bonds. The van der Waals surface area contributed by atoms with Crippen molar-refractivity contribution in [3.63, 3.8) is 0 Å². The van der Waals surface area contributed by atoms with Gasteiger partial charge in [0.2, 0.25) is 0 Å². The van der Waals surface area contributed by atoms with Crippen molar-refractivity contribution < 1.29 is 18.0 Å².